The summed E-state index contributed by atoms with van der Waals surface area (Å²) in [5.74, 6) is -0.994. The monoisotopic (exact) mass is 330 g/mol. The van der Waals surface area contributed by atoms with Crippen LogP contribution in [0, 0.1) is 0 Å². The number of aryl methyl sites for hydroxylation is 1. The largest absolute Gasteiger partial charge is 0.506 e. The highest BCUT2D eigenvalue weighted by molar-refractivity contribution is 7.89. The zero-order valence-electron chi connectivity index (χ0n) is 10.7. The van der Waals surface area contributed by atoms with Crippen LogP contribution in [0.5, 0.6) is 5.75 Å². The molecule has 0 bridgehead atoms. The van der Waals surface area contributed by atoms with Crippen LogP contribution in [-0.2, 0) is 17.1 Å². The number of nitrogens with zero attached hydrogens (tertiary/aromatic N) is 2. The van der Waals surface area contributed by atoms with Gasteiger partial charge >= 0.3 is 0 Å². The fourth-order valence-corrected chi connectivity index (χ4v) is 2.43. The van der Waals surface area contributed by atoms with E-state index >= 15 is 0 Å². The molecular formula is C11H11ClN4O4S. The Balaban J connectivity index is 2.34. The summed E-state index contributed by atoms with van der Waals surface area (Å²) in [6, 6.07) is 3.82. The van der Waals surface area contributed by atoms with Gasteiger partial charge in [-0.1, -0.05) is 11.6 Å². The molecule has 0 saturated heterocycles. The molecule has 0 saturated carbocycles. The number of hydrogen-bond donors (Lipinski definition) is 3. The minimum Gasteiger partial charge on any atom is -0.506 e. The van der Waals surface area contributed by atoms with Gasteiger partial charge in [-0.15, -0.1) is 0 Å². The van der Waals surface area contributed by atoms with Crippen molar-refractivity contribution < 1.29 is 18.3 Å². The first-order chi connectivity index (χ1) is 9.68. The molecule has 112 valence electrons. The number of nitrogens with two attached hydrogens (primary N) is 1. The number of phenolic OH excluding ortho intramolecular Hbond substituents is 1. The van der Waals surface area contributed by atoms with Crippen LogP contribution < -0.4 is 10.5 Å². The van der Waals surface area contributed by atoms with Crippen LogP contribution in [0.2, 0.25) is 5.02 Å². The van der Waals surface area contributed by atoms with Crippen LogP contribution in [0.3, 0.4) is 0 Å². The molecule has 2 rings (SSSR count). The lowest BCUT2D eigenvalue weighted by atomic mass is 10.2. The van der Waals surface area contributed by atoms with Gasteiger partial charge in [0, 0.05) is 18.8 Å². The number of benzene rings is 1. The van der Waals surface area contributed by atoms with Crippen molar-refractivity contribution in [1.82, 2.24) is 9.78 Å². The predicted octanol–water partition coefficient (Wildman–Crippen LogP) is 0.679. The van der Waals surface area contributed by atoms with Crippen molar-refractivity contribution in [2.75, 3.05) is 5.32 Å². The van der Waals surface area contributed by atoms with Gasteiger partial charge in [0.1, 0.15) is 10.6 Å². The van der Waals surface area contributed by atoms with Crippen LogP contribution in [0.25, 0.3) is 0 Å². The SMILES string of the molecule is Cn1cc(S(N)(=O)=O)c(NC(=O)c2ccc(O)c(Cl)c2)n1. The Morgan fingerprint density at radius 1 is 1.48 bits per heavy atom. The smallest absolute Gasteiger partial charge is 0.256 e. The molecule has 21 heavy (non-hydrogen) atoms. The van der Waals surface area contributed by atoms with Crippen molar-refractivity contribution in [3.63, 3.8) is 0 Å². The number of anilines is 1. The molecule has 0 aliphatic carbocycles. The Morgan fingerprint density at radius 3 is 2.71 bits per heavy atom. The van der Waals surface area contributed by atoms with Crippen LogP contribution in [-0.4, -0.2) is 29.2 Å². The third-order valence-electron chi connectivity index (χ3n) is 2.54. The second kappa shape index (κ2) is 5.35. The highest BCUT2D eigenvalue weighted by Gasteiger charge is 2.20. The van der Waals surface area contributed by atoms with Crippen molar-refractivity contribution in [3.05, 3.63) is 35.0 Å². The van der Waals surface area contributed by atoms with Crippen molar-refractivity contribution in [2.45, 2.75) is 4.90 Å². The van der Waals surface area contributed by atoms with Gasteiger partial charge in [0.05, 0.1) is 5.02 Å². The van der Waals surface area contributed by atoms with Crippen molar-refractivity contribution in [1.29, 1.82) is 0 Å². The zero-order valence-corrected chi connectivity index (χ0v) is 12.3. The second-order valence-corrected chi connectivity index (χ2v) is 6.12. The molecule has 0 aliphatic rings. The third-order valence-corrected chi connectivity index (χ3v) is 3.76. The molecule has 0 atom stereocenters. The quantitative estimate of drug-likeness (QED) is 0.762. The van der Waals surface area contributed by atoms with Crippen molar-refractivity contribution in [3.8, 4) is 5.75 Å². The topological polar surface area (TPSA) is 127 Å². The average Bonchev–Trinajstić information content (AvgIpc) is 2.73. The van der Waals surface area contributed by atoms with E-state index in [4.69, 9.17) is 16.7 Å². The Hall–Kier alpha value is -2.10. The molecule has 0 radical (unpaired) electrons. The van der Waals surface area contributed by atoms with Gasteiger partial charge in [-0.25, -0.2) is 13.6 Å². The van der Waals surface area contributed by atoms with Crippen LogP contribution >= 0.6 is 11.6 Å². The average molecular weight is 331 g/mol. The first-order valence-corrected chi connectivity index (χ1v) is 7.47. The Morgan fingerprint density at radius 2 is 2.14 bits per heavy atom. The Kier molecular flexibility index (Phi) is 3.90. The summed E-state index contributed by atoms with van der Waals surface area (Å²) in [5, 5.41) is 20.5. The molecule has 0 aliphatic heterocycles. The minimum absolute atomic E-state index is 0.00431. The fourth-order valence-electron chi connectivity index (χ4n) is 1.59. The van der Waals surface area contributed by atoms with E-state index in [1.807, 2.05) is 0 Å². The Bertz CT molecular complexity index is 816. The first kappa shape index (κ1) is 15.3. The van der Waals surface area contributed by atoms with Crippen molar-refractivity contribution in [2.24, 2.45) is 12.2 Å². The van der Waals surface area contributed by atoms with Crippen LogP contribution in [0.4, 0.5) is 5.82 Å². The van der Waals surface area contributed by atoms with Gasteiger partial charge in [-0.3, -0.25) is 9.48 Å². The van der Waals surface area contributed by atoms with E-state index in [2.05, 4.69) is 10.4 Å². The normalized spacial score (nSPS) is 11.4. The number of aromatic hydroxyl groups is 1. The first-order valence-electron chi connectivity index (χ1n) is 5.55. The zero-order chi connectivity index (χ0) is 15.8. The molecule has 10 heteroatoms. The maximum atomic E-state index is 12.0. The minimum atomic E-state index is -4.02. The van der Waals surface area contributed by atoms with E-state index in [-0.39, 0.29) is 27.0 Å². The lowest BCUT2D eigenvalue weighted by molar-refractivity contribution is 0.102. The number of carbonyl (C=O) groups is 1. The van der Waals surface area contributed by atoms with Gasteiger partial charge in [0.2, 0.25) is 10.0 Å². The second-order valence-electron chi connectivity index (χ2n) is 4.18. The van der Waals surface area contributed by atoms with E-state index < -0.39 is 15.9 Å². The van der Waals surface area contributed by atoms with Crippen LogP contribution in [0.15, 0.2) is 29.3 Å². The number of rotatable bonds is 3. The summed E-state index contributed by atoms with van der Waals surface area (Å²) in [6.07, 6.45) is 1.18. The molecule has 0 unspecified atom stereocenters. The number of carbonyl (C=O) groups excluding carboxylic acids is 1. The molecule has 1 amide bonds. The van der Waals surface area contributed by atoms with Gasteiger partial charge in [-0.2, -0.15) is 5.10 Å². The standard InChI is InChI=1S/C11H11ClN4O4S/c1-16-5-9(21(13,19)20)10(15-16)14-11(18)6-2-3-8(17)7(12)4-6/h2-5,17H,1H3,(H2,13,19,20)(H,14,15,18). The van der Waals surface area contributed by atoms with Gasteiger partial charge in [0.15, 0.2) is 5.82 Å². The summed E-state index contributed by atoms with van der Waals surface area (Å²) >= 11 is 5.70. The van der Waals surface area contributed by atoms with Gasteiger partial charge in [-0.05, 0) is 18.2 Å². The fraction of sp³-hybridized carbons (Fsp3) is 0.0909. The van der Waals surface area contributed by atoms with Gasteiger partial charge < -0.3 is 10.4 Å². The number of sulfonamides is 1. The molecule has 1 heterocycles. The molecular weight excluding hydrogens is 320 g/mol. The number of phenols is 1. The number of nitrogens with one attached hydrogen (secondary N) is 1. The summed E-state index contributed by atoms with van der Waals surface area (Å²) in [4.78, 5) is 11.7. The number of amides is 1. The lowest BCUT2D eigenvalue weighted by Gasteiger charge is -2.05. The van der Waals surface area contributed by atoms with E-state index in [0.29, 0.717) is 0 Å². The third kappa shape index (κ3) is 3.32. The van der Waals surface area contributed by atoms with Gasteiger partial charge in [0.25, 0.3) is 5.91 Å². The molecule has 0 fully saturated rings. The molecule has 0 spiro atoms. The molecule has 1 aromatic carbocycles. The number of primary sulfonamides is 1. The summed E-state index contributed by atoms with van der Waals surface area (Å²) in [6.45, 7) is 0. The number of aromatic nitrogens is 2. The van der Waals surface area contributed by atoms with E-state index in [1.165, 1.54) is 36.1 Å². The highest BCUT2D eigenvalue weighted by Crippen LogP contribution is 2.24. The maximum absolute atomic E-state index is 12.0. The van der Waals surface area contributed by atoms with E-state index in [1.54, 1.807) is 0 Å². The Labute approximate surface area is 125 Å². The summed E-state index contributed by atoms with van der Waals surface area (Å²) in [7, 11) is -2.53. The summed E-state index contributed by atoms with van der Waals surface area (Å²) in [5.41, 5.74) is 0.129. The molecule has 2 aromatic rings. The number of halogens is 1. The van der Waals surface area contributed by atoms with E-state index in [9.17, 15) is 18.3 Å². The van der Waals surface area contributed by atoms with Crippen LogP contribution in [0.1, 0.15) is 10.4 Å². The summed E-state index contributed by atoms with van der Waals surface area (Å²) < 4.78 is 24.0. The highest BCUT2D eigenvalue weighted by atomic mass is 35.5. The molecule has 8 nitrogen and oxygen atoms in total. The predicted molar refractivity (Wildman–Crippen MR) is 75.7 cm³/mol. The lowest BCUT2D eigenvalue weighted by Crippen LogP contribution is -2.17. The number of hydrogen-bond acceptors (Lipinski definition) is 5. The van der Waals surface area contributed by atoms with E-state index in [0.717, 1.165) is 0 Å². The van der Waals surface area contributed by atoms with Crippen molar-refractivity contribution >= 4 is 33.3 Å². The maximum Gasteiger partial charge on any atom is 0.256 e. The molecule has 1 aromatic heterocycles. The molecule has 4 N–H and O–H groups in total.